The Labute approximate surface area is 117 Å². The van der Waals surface area contributed by atoms with Crippen molar-refractivity contribution < 1.29 is 9.47 Å². The van der Waals surface area contributed by atoms with E-state index in [0.29, 0.717) is 12.2 Å². The van der Waals surface area contributed by atoms with Gasteiger partial charge in [-0.2, -0.15) is 0 Å². The smallest absolute Gasteiger partial charge is 0.0757 e. The number of hydrogen-bond donors (Lipinski definition) is 1. The first-order valence-electron chi connectivity index (χ1n) is 7.78. The molecule has 0 bridgehead atoms. The lowest BCUT2D eigenvalue weighted by Gasteiger charge is -2.41. The van der Waals surface area contributed by atoms with Crippen LogP contribution in [-0.2, 0) is 9.47 Å². The Hall–Kier alpha value is -0.160. The molecule has 0 aromatic heterocycles. The van der Waals surface area contributed by atoms with Crippen LogP contribution in [0.25, 0.3) is 0 Å². The molecule has 0 amide bonds. The molecule has 1 N–H and O–H groups in total. The minimum Gasteiger partial charge on any atom is -0.378 e. The van der Waals surface area contributed by atoms with Crippen LogP contribution < -0.4 is 5.32 Å². The number of hydrogen-bond acceptors (Lipinski definition) is 4. The van der Waals surface area contributed by atoms with Gasteiger partial charge in [0.15, 0.2) is 0 Å². The summed E-state index contributed by atoms with van der Waals surface area (Å²) < 4.78 is 11.9. The summed E-state index contributed by atoms with van der Waals surface area (Å²) in [5, 5.41) is 3.37. The van der Waals surface area contributed by atoms with E-state index < -0.39 is 0 Å². The maximum atomic E-state index is 5.95. The van der Waals surface area contributed by atoms with Gasteiger partial charge in [0.2, 0.25) is 0 Å². The molecule has 2 heterocycles. The van der Waals surface area contributed by atoms with Gasteiger partial charge in [-0.1, -0.05) is 0 Å². The van der Waals surface area contributed by atoms with Crippen molar-refractivity contribution in [2.45, 2.75) is 57.8 Å². The molecule has 2 fully saturated rings. The maximum Gasteiger partial charge on any atom is 0.0757 e. The van der Waals surface area contributed by atoms with E-state index in [1.807, 2.05) is 0 Å². The van der Waals surface area contributed by atoms with E-state index in [1.165, 1.54) is 12.8 Å². The number of morpholine rings is 1. The van der Waals surface area contributed by atoms with Crippen molar-refractivity contribution in [1.29, 1.82) is 0 Å². The highest BCUT2D eigenvalue weighted by molar-refractivity contribution is 4.82. The Morgan fingerprint density at radius 1 is 1.32 bits per heavy atom. The van der Waals surface area contributed by atoms with Gasteiger partial charge in [-0.05, 0) is 53.1 Å². The van der Waals surface area contributed by atoms with Gasteiger partial charge in [0.1, 0.15) is 0 Å². The summed E-state index contributed by atoms with van der Waals surface area (Å²) in [7, 11) is 0. The number of nitrogens with one attached hydrogen (secondary N) is 1. The Balaban J connectivity index is 1.59. The van der Waals surface area contributed by atoms with E-state index in [1.54, 1.807) is 0 Å². The minimum absolute atomic E-state index is 0.00639. The van der Waals surface area contributed by atoms with Crippen LogP contribution >= 0.6 is 0 Å². The third-order valence-electron chi connectivity index (χ3n) is 3.90. The maximum absolute atomic E-state index is 5.95. The lowest BCUT2D eigenvalue weighted by Crippen LogP contribution is -2.52. The SMILES string of the molecule is CC1CN(CCCOC2CCNCC2)CC(C)(C)O1. The molecule has 2 saturated heterocycles. The van der Waals surface area contributed by atoms with E-state index in [-0.39, 0.29) is 5.60 Å². The van der Waals surface area contributed by atoms with Crippen LogP contribution in [0.1, 0.15) is 40.0 Å². The first-order chi connectivity index (χ1) is 9.05. The summed E-state index contributed by atoms with van der Waals surface area (Å²) in [6.45, 7) is 12.9. The Bertz CT molecular complexity index is 265. The minimum atomic E-state index is -0.00639. The molecule has 1 unspecified atom stereocenters. The zero-order chi connectivity index (χ0) is 13.7. The zero-order valence-electron chi connectivity index (χ0n) is 12.8. The van der Waals surface area contributed by atoms with Gasteiger partial charge in [-0.3, -0.25) is 4.90 Å². The fourth-order valence-corrected chi connectivity index (χ4v) is 3.26. The largest absolute Gasteiger partial charge is 0.378 e. The van der Waals surface area contributed by atoms with Gasteiger partial charge in [-0.25, -0.2) is 0 Å². The summed E-state index contributed by atoms with van der Waals surface area (Å²) in [6, 6.07) is 0. The number of ether oxygens (including phenoxy) is 2. The molecule has 4 nitrogen and oxygen atoms in total. The van der Waals surface area contributed by atoms with Gasteiger partial charge in [-0.15, -0.1) is 0 Å². The van der Waals surface area contributed by atoms with Crippen LogP contribution in [0.4, 0.5) is 0 Å². The van der Waals surface area contributed by atoms with E-state index in [9.17, 15) is 0 Å². The monoisotopic (exact) mass is 270 g/mol. The fraction of sp³-hybridized carbons (Fsp3) is 1.00. The van der Waals surface area contributed by atoms with Crippen molar-refractivity contribution in [1.82, 2.24) is 10.2 Å². The molecule has 112 valence electrons. The molecule has 2 aliphatic rings. The van der Waals surface area contributed by atoms with E-state index in [2.05, 4.69) is 31.0 Å². The van der Waals surface area contributed by atoms with Crippen LogP contribution in [0, 0.1) is 0 Å². The molecular weight excluding hydrogens is 240 g/mol. The third-order valence-corrected chi connectivity index (χ3v) is 3.90. The Morgan fingerprint density at radius 3 is 2.74 bits per heavy atom. The van der Waals surface area contributed by atoms with Gasteiger partial charge in [0.25, 0.3) is 0 Å². The zero-order valence-corrected chi connectivity index (χ0v) is 12.8. The summed E-state index contributed by atoms with van der Waals surface area (Å²) in [5.74, 6) is 0. The molecule has 2 aliphatic heterocycles. The third kappa shape index (κ3) is 5.38. The first-order valence-corrected chi connectivity index (χ1v) is 7.78. The average molecular weight is 270 g/mol. The number of rotatable bonds is 5. The Kier molecular flexibility index (Phi) is 5.63. The topological polar surface area (TPSA) is 33.7 Å². The highest BCUT2D eigenvalue weighted by Crippen LogP contribution is 2.20. The normalized spacial score (nSPS) is 29.5. The molecule has 0 radical (unpaired) electrons. The summed E-state index contributed by atoms with van der Waals surface area (Å²) >= 11 is 0. The molecule has 4 heteroatoms. The van der Waals surface area contributed by atoms with Gasteiger partial charge in [0, 0.05) is 26.2 Å². The summed E-state index contributed by atoms with van der Waals surface area (Å²) in [4.78, 5) is 2.51. The molecule has 0 aromatic rings. The first kappa shape index (κ1) is 15.2. The van der Waals surface area contributed by atoms with Crippen molar-refractivity contribution in [2.24, 2.45) is 0 Å². The summed E-state index contributed by atoms with van der Waals surface area (Å²) in [5.41, 5.74) is -0.00639. The van der Waals surface area contributed by atoms with Crippen molar-refractivity contribution in [3.8, 4) is 0 Å². The van der Waals surface area contributed by atoms with Crippen molar-refractivity contribution >= 4 is 0 Å². The quantitative estimate of drug-likeness (QED) is 0.770. The van der Waals surface area contributed by atoms with Crippen molar-refractivity contribution in [3.05, 3.63) is 0 Å². The van der Waals surface area contributed by atoms with Crippen LogP contribution in [-0.4, -0.2) is 62.0 Å². The van der Waals surface area contributed by atoms with Crippen LogP contribution in [0.2, 0.25) is 0 Å². The molecule has 19 heavy (non-hydrogen) atoms. The second-order valence-electron chi connectivity index (χ2n) is 6.60. The van der Waals surface area contributed by atoms with Crippen LogP contribution in [0.15, 0.2) is 0 Å². The average Bonchev–Trinajstić information content (AvgIpc) is 2.33. The predicted molar refractivity (Wildman–Crippen MR) is 77.5 cm³/mol. The van der Waals surface area contributed by atoms with Gasteiger partial charge in [0.05, 0.1) is 17.8 Å². The molecule has 0 aliphatic carbocycles. The molecule has 2 rings (SSSR count). The lowest BCUT2D eigenvalue weighted by atomic mass is 10.1. The highest BCUT2D eigenvalue weighted by atomic mass is 16.5. The highest BCUT2D eigenvalue weighted by Gasteiger charge is 2.30. The summed E-state index contributed by atoms with van der Waals surface area (Å²) in [6.07, 6.45) is 4.30. The van der Waals surface area contributed by atoms with Crippen LogP contribution in [0.3, 0.4) is 0 Å². The lowest BCUT2D eigenvalue weighted by molar-refractivity contribution is -0.129. The van der Waals surface area contributed by atoms with E-state index in [4.69, 9.17) is 9.47 Å². The fourth-order valence-electron chi connectivity index (χ4n) is 3.26. The molecular formula is C15H30N2O2. The molecule has 0 aromatic carbocycles. The Morgan fingerprint density at radius 2 is 2.05 bits per heavy atom. The number of nitrogens with zero attached hydrogens (tertiary/aromatic N) is 1. The van der Waals surface area contributed by atoms with Gasteiger partial charge >= 0.3 is 0 Å². The van der Waals surface area contributed by atoms with E-state index >= 15 is 0 Å². The molecule has 0 spiro atoms. The predicted octanol–water partition coefficient (Wildman–Crippen LogP) is 1.64. The van der Waals surface area contributed by atoms with E-state index in [0.717, 1.165) is 45.8 Å². The number of piperidine rings is 1. The standard InChI is InChI=1S/C15H30N2O2/c1-13-11-17(12-15(2,3)19-13)9-4-10-18-14-5-7-16-8-6-14/h13-14,16H,4-12H2,1-3H3. The second-order valence-corrected chi connectivity index (χ2v) is 6.60. The molecule has 0 saturated carbocycles. The van der Waals surface area contributed by atoms with Crippen molar-refractivity contribution in [3.63, 3.8) is 0 Å². The van der Waals surface area contributed by atoms with Crippen LogP contribution in [0.5, 0.6) is 0 Å². The van der Waals surface area contributed by atoms with Crippen molar-refractivity contribution in [2.75, 3.05) is 39.3 Å². The van der Waals surface area contributed by atoms with Gasteiger partial charge < -0.3 is 14.8 Å². The second kappa shape index (κ2) is 7.02. The molecule has 1 atom stereocenters.